The van der Waals surface area contributed by atoms with Gasteiger partial charge in [-0.15, -0.1) is 0 Å². The highest BCUT2D eigenvalue weighted by molar-refractivity contribution is 9.10. The number of carbonyl (C=O) groups is 1. The van der Waals surface area contributed by atoms with Gasteiger partial charge in [-0.1, -0.05) is 66.2 Å². The minimum absolute atomic E-state index is 0.349. The van der Waals surface area contributed by atoms with E-state index in [-0.39, 0.29) is 5.91 Å². The largest absolute Gasteiger partial charge is 0.493 e. The van der Waals surface area contributed by atoms with Crippen LogP contribution in [0.2, 0.25) is 5.02 Å². The van der Waals surface area contributed by atoms with Crippen molar-refractivity contribution in [1.82, 2.24) is 5.43 Å². The van der Waals surface area contributed by atoms with Crippen molar-refractivity contribution in [3.05, 3.63) is 123 Å². The fraction of sp³-hybridized carbons (Fsp3) is 0.103. The molecule has 188 valence electrons. The summed E-state index contributed by atoms with van der Waals surface area (Å²) in [7, 11) is 1.56. The zero-order valence-electron chi connectivity index (χ0n) is 20.0. The summed E-state index contributed by atoms with van der Waals surface area (Å²) in [5, 5.41) is 4.78. The van der Waals surface area contributed by atoms with E-state index in [1.54, 1.807) is 31.4 Å². The van der Waals surface area contributed by atoms with Crippen molar-refractivity contribution >= 4 is 39.7 Å². The van der Waals surface area contributed by atoms with Crippen molar-refractivity contribution in [2.45, 2.75) is 13.2 Å². The number of amides is 1. The molecular formula is C29H24BrClN2O4. The fourth-order valence-electron chi connectivity index (χ4n) is 3.43. The van der Waals surface area contributed by atoms with Crippen LogP contribution in [0.5, 0.6) is 17.2 Å². The van der Waals surface area contributed by atoms with Crippen molar-refractivity contribution < 1.29 is 19.0 Å². The van der Waals surface area contributed by atoms with Gasteiger partial charge in [0.15, 0.2) is 11.5 Å². The highest BCUT2D eigenvalue weighted by atomic mass is 79.9. The summed E-state index contributed by atoms with van der Waals surface area (Å²) in [4.78, 5) is 12.8. The Morgan fingerprint density at radius 3 is 2.32 bits per heavy atom. The molecule has 0 bridgehead atoms. The maximum absolute atomic E-state index is 12.8. The van der Waals surface area contributed by atoms with Gasteiger partial charge < -0.3 is 14.2 Å². The number of carbonyl (C=O) groups excluding carboxylic acids is 1. The van der Waals surface area contributed by atoms with Crippen LogP contribution in [0.4, 0.5) is 0 Å². The number of methoxy groups -OCH3 is 1. The molecule has 0 unspecified atom stereocenters. The molecule has 0 saturated heterocycles. The molecule has 0 fully saturated rings. The first-order chi connectivity index (χ1) is 18.0. The predicted octanol–water partition coefficient (Wildman–Crippen LogP) is 7.03. The monoisotopic (exact) mass is 578 g/mol. The van der Waals surface area contributed by atoms with Gasteiger partial charge in [-0.25, -0.2) is 5.43 Å². The Balaban J connectivity index is 1.40. The third-order valence-electron chi connectivity index (χ3n) is 5.30. The van der Waals surface area contributed by atoms with Gasteiger partial charge in [0.2, 0.25) is 0 Å². The first kappa shape index (κ1) is 26.3. The number of ether oxygens (including phenoxy) is 3. The third kappa shape index (κ3) is 7.35. The summed E-state index contributed by atoms with van der Waals surface area (Å²) in [6.07, 6.45) is 1.53. The van der Waals surface area contributed by atoms with Crippen LogP contribution in [-0.2, 0) is 13.2 Å². The third-order valence-corrected chi connectivity index (χ3v) is 6.14. The molecule has 1 amide bonds. The maximum Gasteiger partial charge on any atom is 0.275 e. The lowest BCUT2D eigenvalue weighted by atomic mass is 10.2. The van der Waals surface area contributed by atoms with Gasteiger partial charge in [-0.05, 0) is 69.0 Å². The number of benzene rings is 4. The summed E-state index contributed by atoms with van der Waals surface area (Å²) in [5.41, 5.74) is 5.64. The van der Waals surface area contributed by atoms with Crippen molar-refractivity contribution in [3.63, 3.8) is 0 Å². The molecule has 0 heterocycles. The number of hydrogen-bond acceptors (Lipinski definition) is 5. The van der Waals surface area contributed by atoms with E-state index in [4.69, 9.17) is 25.8 Å². The molecule has 4 aromatic carbocycles. The highest BCUT2D eigenvalue weighted by Gasteiger charge is 2.13. The number of halogens is 2. The van der Waals surface area contributed by atoms with Gasteiger partial charge in [-0.2, -0.15) is 5.10 Å². The zero-order chi connectivity index (χ0) is 26.0. The fourth-order valence-corrected chi connectivity index (χ4v) is 4.13. The second kappa shape index (κ2) is 12.9. The van der Waals surface area contributed by atoms with Gasteiger partial charge in [0.1, 0.15) is 19.0 Å². The van der Waals surface area contributed by atoms with Crippen LogP contribution >= 0.6 is 27.5 Å². The molecule has 0 radical (unpaired) electrons. The molecule has 4 aromatic rings. The molecule has 0 aliphatic heterocycles. The van der Waals surface area contributed by atoms with Gasteiger partial charge in [0.05, 0.1) is 23.4 Å². The molecule has 8 heteroatoms. The Hall–Kier alpha value is -3.81. The standard InChI is InChI=1S/C29H24BrClN2O4/c1-35-27-16-22(15-25(30)28(27)37-19-21-11-13-23(31)14-12-21)17-32-33-29(34)24-9-5-6-10-26(24)36-18-20-7-3-2-4-8-20/h2-17H,18-19H2,1H3,(H,33,34)/b32-17+. The average Bonchev–Trinajstić information content (AvgIpc) is 2.92. The minimum Gasteiger partial charge on any atom is -0.493 e. The summed E-state index contributed by atoms with van der Waals surface area (Å²) in [6, 6.07) is 27.8. The van der Waals surface area contributed by atoms with Crippen LogP contribution in [0.25, 0.3) is 0 Å². The molecule has 0 spiro atoms. The lowest BCUT2D eigenvalue weighted by Gasteiger charge is -2.13. The van der Waals surface area contributed by atoms with Crippen LogP contribution in [-0.4, -0.2) is 19.2 Å². The summed E-state index contributed by atoms with van der Waals surface area (Å²) >= 11 is 9.48. The summed E-state index contributed by atoms with van der Waals surface area (Å²) < 4.78 is 18.0. The number of rotatable bonds is 10. The van der Waals surface area contributed by atoms with Crippen LogP contribution < -0.4 is 19.6 Å². The quantitative estimate of drug-likeness (QED) is 0.162. The second-order valence-corrected chi connectivity index (χ2v) is 9.21. The minimum atomic E-state index is -0.381. The first-order valence-electron chi connectivity index (χ1n) is 11.4. The van der Waals surface area contributed by atoms with Crippen LogP contribution in [0.1, 0.15) is 27.0 Å². The molecule has 0 aliphatic carbocycles. The lowest BCUT2D eigenvalue weighted by Crippen LogP contribution is -2.18. The second-order valence-electron chi connectivity index (χ2n) is 7.92. The SMILES string of the molecule is COc1cc(/C=N/NC(=O)c2ccccc2OCc2ccccc2)cc(Br)c1OCc1ccc(Cl)cc1. The van der Waals surface area contributed by atoms with E-state index in [0.717, 1.165) is 11.1 Å². The summed E-state index contributed by atoms with van der Waals surface area (Å²) in [5.74, 6) is 1.18. The molecule has 6 nitrogen and oxygen atoms in total. The lowest BCUT2D eigenvalue weighted by molar-refractivity contribution is 0.0950. The number of hydrogen-bond donors (Lipinski definition) is 1. The van der Waals surface area contributed by atoms with Crippen molar-refractivity contribution in [3.8, 4) is 17.2 Å². The van der Waals surface area contributed by atoms with E-state index in [1.807, 2.05) is 66.7 Å². The molecule has 37 heavy (non-hydrogen) atoms. The van der Waals surface area contributed by atoms with E-state index in [2.05, 4.69) is 26.5 Å². The zero-order valence-corrected chi connectivity index (χ0v) is 22.3. The Labute approximate surface area is 229 Å². The van der Waals surface area contributed by atoms with Gasteiger partial charge in [-0.3, -0.25) is 4.79 Å². The summed E-state index contributed by atoms with van der Waals surface area (Å²) in [6.45, 7) is 0.704. The van der Waals surface area contributed by atoms with Gasteiger partial charge >= 0.3 is 0 Å². The highest BCUT2D eigenvalue weighted by Crippen LogP contribution is 2.37. The molecule has 0 aliphatic rings. The molecule has 0 aromatic heterocycles. The van der Waals surface area contributed by atoms with E-state index in [9.17, 15) is 4.79 Å². The van der Waals surface area contributed by atoms with E-state index < -0.39 is 0 Å². The Bertz CT molecular complexity index is 1380. The number of hydrazone groups is 1. The smallest absolute Gasteiger partial charge is 0.275 e. The Morgan fingerprint density at radius 2 is 1.57 bits per heavy atom. The van der Waals surface area contributed by atoms with E-state index >= 15 is 0 Å². The molecule has 0 saturated carbocycles. The predicted molar refractivity (Wildman–Crippen MR) is 149 cm³/mol. The molecule has 0 atom stereocenters. The number of para-hydroxylation sites is 1. The van der Waals surface area contributed by atoms with E-state index in [0.29, 0.717) is 51.1 Å². The first-order valence-corrected chi connectivity index (χ1v) is 12.5. The van der Waals surface area contributed by atoms with Crippen LogP contribution in [0.3, 0.4) is 0 Å². The van der Waals surface area contributed by atoms with Crippen molar-refractivity contribution in [2.24, 2.45) is 5.10 Å². The van der Waals surface area contributed by atoms with E-state index in [1.165, 1.54) is 6.21 Å². The number of nitrogens with one attached hydrogen (secondary N) is 1. The number of nitrogens with zero attached hydrogens (tertiary/aromatic N) is 1. The van der Waals surface area contributed by atoms with Crippen LogP contribution in [0, 0.1) is 0 Å². The average molecular weight is 580 g/mol. The van der Waals surface area contributed by atoms with Gasteiger partial charge in [0.25, 0.3) is 5.91 Å². The van der Waals surface area contributed by atoms with Crippen molar-refractivity contribution in [1.29, 1.82) is 0 Å². The Morgan fingerprint density at radius 1 is 0.892 bits per heavy atom. The van der Waals surface area contributed by atoms with Crippen LogP contribution in [0.15, 0.2) is 101 Å². The maximum atomic E-state index is 12.8. The molecule has 1 N–H and O–H groups in total. The molecule has 4 rings (SSSR count). The topological polar surface area (TPSA) is 69.2 Å². The normalized spacial score (nSPS) is 10.8. The molecular weight excluding hydrogens is 556 g/mol. The van der Waals surface area contributed by atoms with Gasteiger partial charge in [0, 0.05) is 5.02 Å². The Kier molecular flexibility index (Phi) is 9.18. The van der Waals surface area contributed by atoms with Crippen molar-refractivity contribution in [2.75, 3.05) is 7.11 Å².